The monoisotopic (exact) mass is 248 g/mol. The molecule has 1 N–H and O–H groups in total. The molecule has 0 bridgehead atoms. The van der Waals surface area contributed by atoms with Gasteiger partial charge in [-0.05, 0) is 31.2 Å². The van der Waals surface area contributed by atoms with Crippen molar-refractivity contribution in [2.45, 2.75) is 24.3 Å². The lowest BCUT2D eigenvalue weighted by atomic mass is 10.2. The van der Waals surface area contributed by atoms with Crippen molar-refractivity contribution in [1.82, 2.24) is 0 Å². The highest BCUT2D eigenvalue weighted by atomic mass is 32.2. The minimum atomic E-state index is -0.368. The first-order valence-electron chi connectivity index (χ1n) is 5.64. The van der Waals surface area contributed by atoms with E-state index in [4.69, 9.17) is 4.42 Å². The van der Waals surface area contributed by atoms with Gasteiger partial charge >= 0.3 is 0 Å². The third-order valence-corrected chi connectivity index (χ3v) is 3.64. The molecule has 0 aliphatic heterocycles. The first-order valence-corrected chi connectivity index (χ1v) is 6.62. The molecule has 2 aromatic rings. The van der Waals surface area contributed by atoms with Crippen LogP contribution in [0, 0.1) is 6.92 Å². The first kappa shape index (κ1) is 12.3. The van der Waals surface area contributed by atoms with Gasteiger partial charge in [-0.2, -0.15) is 0 Å². The van der Waals surface area contributed by atoms with Crippen molar-refractivity contribution in [3.8, 4) is 0 Å². The van der Waals surface area contributed by atoms with Crippen molar-refractivity contribution >= 4 is 11.8 Å². The van der Waals surface area contributed by atoms with Crippen molar-refractivity contribution < 1.29 is 9.52 Å². The van der Waals surface area contributed by atoms with Crippen molar-refractivity contribution in [2.24, 2.45) is 0 Å². The lowest BCUT2D eigenvalue weighted by molar-refractivity contribution is 0.192. The molecule has 1 aromatic carbocycles. The Bertz CT molecular complexity index is 434. The Hall–Kier alpha value is -1.19. The van der Waals surface area contributed by atoms with Gasteiger partial charge < -0.3 is 9.52 Å². The van der Waals surface area contributed by atoms with E-state index in [0.29, 0.717) is 12.2 Å². The fourth-order valence-corrected chi connectivity index (χ4v) is 2.38. The van der Waals surface area contributed by atoms with Gasteiger partial charge in [0.1, 0.15) is 5.76 Å². The summed E-state index contributed by atoms with van der Waals surface area (Å²) < 4.78 is 5.20. The van der Waals surface area contributed by atoms with Crippen LogP contribution in [-0.4, -0.2) is 17.0 Å². The van der Waals surface area contributed by atoms with Crippen LogP contribution in [-0.2, 0) is 6.42 Å². The molecule has 0 fully saturated rings. The zero-order valence-corrected chi connectivity index (χ0v) is 10.6. The number of benzene rings is 1. The molecule has 0 aliphatic rings. The largest absolute Gasteiger partial charge is 0.469 e. The molecule has 2 nitrogen and oxygen atoms in total. The van der Waals surface area contributed by atoms with Gasteiger partial charge in [0.2, 0.25) is 0 Å². The molecule has 90 valence electrons. The zero-order valence-electron chi connectivity index (χ0n) is 9.80. The van der Waals surface area contributed by atoms with E-state index >= 15 is 0 Å². The van der Waals surface area contributed by atoms with Crippen molar-refractivity contribution in [3.63, 3.8) is 0 Å². The molecular weight excluding hydrogens is 232 g/mol. The maximum atomic E-state index is 9.86. The number of aryl methyl sites for hydroxylation is 1. The van der Waals surface area contributed by atoms with E-state index in [2.05, 4.69) is 31.2 Å². The van der Waals surface area contributed by atoms with E-state index in [1.165, 1.54) is 10.5 Å². The second kappa shape index (κ2) is 5.94. The minimum absolute atomic E-state index is 0.368. The molecule has 0 radical (unpaired) electrons. The Kier molecular flexibility index (Phi) is 4.29. The number of furan rings is 1. The Morgan fingerprint density at radius 1 is 1.24 bits per heavy atom. The average Bonchev–Trinajstić information content (AvgIpc) is 2.81. The van der Waals surface area contributed by atoms with Crippen molar-refractivity contribution in [1.29, 1.82) is 0 Å². The second-order valence-corrected chi connectivity index (χ2v) is 5.15. The quantitative estimate of drug-likeness (QED) is 0.824. The van der Waals surface area contributed by atoms with Crippen LogP contribution in [0.5, 0.6) is 0 Å². The van der Waals surface area contributed by atoms with Crippen LogP contribution in [0.15, 0.2) is 52.0 Å². The molecular formula is C14H16O2S. The SMILES string of the molecule is Cc1ccc(SCC(O)Cc2ccco2)cc1. The van der Waals surface area contributed by atoms with Gasteiger partial charge in [-0.15, -0.1) is 11.8 Å². The fourth-order valence-electron chi connectivity index (χ4n) is 1.55. The topological polar surface area (TPSA) is 33.4 Å². The van der Waals surface area contributed by atoms with Gasteiger partial charge in [0.15, 0.2) is 0 Å². The predicted molar refractivity (Wildman–Crippen MR) is 70.3 cm³/mol. The summed E-state index contributed by atoms with van der Waals surface area (Å²) in [7, 11) is 0. The normalized spacial score (nSPS) is 12.6. The molecule has 1 unspecified atom stereocenters. The van der Waals surface area contributed by atoms with E-state index in [1.807, 2.05) is 12.1 Å². The summed E-state index contributed by atoms with van der Waals surface area (Å²) in [6.07, 6.45) is 1.84. The minimum Gasteiger partial charge on any atom is -0.469 e. The van der Waals surface area contributed by atoms with Crippen LogP contribution in [0.4, 0.5) is 0 Å². The summed E-state index contributed by atoms with van der Waals surface area (Å²) in [5.74, 6) is 1.52. The summed E-state index contributed by atoms with van der Waals surface area (Å²) in [5.41, 5.74) is 1.26. The highest BCUT2D eigenvalue weighted by Crippen LogP contribution is 2.20. The van der Waals surface area contributed by atoms with Crippen LogP contribution in [0.1, 0.15) is 11.3 Å². The summed E-state index contributed by atoms with van der Waals surface area (Å²) in [6, 6.07) is 12.1. The van der Waals surface area contributed by atoms with Crippen LogP contribution in [0.2, 0.25) is 0 Å². The molecule has 17 heavy (non-hydrogen) atoms. The molecule has 1 heterocycles. The first-order chi connectivity index (χ1) is 8.24. The van der Waals surface area contributed by atoms with E-state index in [0.717, 1.165) is 5.76 Å². The van der Waals surface area contributed by atoms with Gasteiger partial charge in [-0.25, -0.2) is 0 Å². The molecule has 0 saturated carbocycles. The Balaban J connectivity index is 1.79. The van der Waals surface area contributed by atoms with Crippen LogP contribution in [0.3, 0.4) is 0 Å². The predicted octanol–water partition coefficient (Wildman–Crippen LogP) is 3.28. The van der Waals surface area contributed by atoms with Crippen LogP contribution >= 0.6 is 11.8 Å². The van der Waals surface area contributed by atoms with Gasteiger partial charge in [-0.3, -0.25) is 0 Å². The smallest absolute Gasteiger partial charge is 0.106 e. The Morgan fingerprint density at radius 3 is 2.65 bits per heavy atom. The maximum Gasteiger partial charge on any atom is 0.106 e. The van der Waals surface area contributed by atoms with Crippen LogP contribution < -0.4 is 0 Å². The lowest BCUT2D eigenvalue weighted by Gasteiger charge is -2.08. The second-order valence-electron chi connectivity index (χ2n) is 4.06. The lowest BCUT2D eigenvalue weighted by Crippen LogP contribution is -2.12. The van der Waals surface area contributed by atoms with Crippen LogP contribution in [0.25, 0.3) is 0 Å². The number of hydrogen-bond acceptors (Lipinski definition) is 3. The van der Waals surface area contributed by atoms with E-state index in [-0.39, 0.29) is 6.10 Å². The summed E-state index contributed by atoms with van der Waals surface area (Å²) in [6.45, 7) is 2.07. The summed E-state index contributed by atoms with van der Waals surface area (Å²) >= 11 is 1.67. The Labute approximate surface area is 106 Å². The molecule has 1 aromatic heterocycles. The highest BCUT2D eigenvalue weighted by molar-refractivity contribution is 7.99. The van der Waals surface area contributed by atoms with Crippen molar-refractivity contribution in [3.05, 3.63) is 54.0 Å². The van der Waals surface area contributed by atoms with Gasteiger partial charge in [0, 0.05) is 17.1 Å². The molecule has 0 aliphatic carbocycles. The molecule has 0 saturated heterocycles. The number of aliphatic hydroxyl groups is 1. The maximum absolute atomic E-state index is 9.86. The number of rotatable bonds is 5. The van der Waals surface area contributed by atoms with Crippen molar-refractivity contribution in [2.75, 3.05) is 5.75 Å². The fraction of sp³-hybridized carbons (Fsp3) is 0.286. The molecule has 0 amide bonds. The van der Waals surface area contributed by atoms with E-state index < -0.39 is 0 Å². The summed E-state index contributed by atoms with van der Waals surface area (Å²) in [5, 5.41) is 9.86. The number of thioether (sulfide) groups is 1. The Morgan fingerprint density at radius 2 is 2.00 bits per heavy atom. The molecule has 3 heteroatoms. The highest BCUT2D eigenvalue weighted by Gasteiger charge is 2.08. The van der Waals surface area contributed by atoms with E-state index in [1.54, 1.807) is 18.0 Å². The molecule has 0 spiro atoms. The van der Waals surface area contributed by atoms with Gasteiger partial charge in [0.25, 0.3) is 0 Å². The third kappa shape index (κ3) is 3.95. The third-order valence-electron chi connectivity index (χ3n) is 2.48. The standard InChI is InChI=1S/C14H16O2S/c1-11-4-6-14(7-5-11)17-10-12(15)9-13-3-2-8-16-13/h2-8,12,15H,9-10H2,1H3. The molecule has 2 rings (SSSR count). The van der Waals surface area contributed by atoms with E-state index in [9.17, 15) is 5.11 Å². The van der Waals surface area contributed by atoms with Gasteiger partial charge in [-0.1, -0.05) is 17.7 Å². The summed E-state index contributed by atoms with van der Waals surface area (Å²) in [4.78, 5) is 1.19. The number of aliphatic hydroxyl groups excluding tert-OH is 1. The zero-order chi connectivity index (χ0) is 12.1. The molecule has 1 atom stereocenters. The average molecular weight is 248 g/mol. The van der Waals surface area contributed by atoms with Gasteiger partial charge in [0.05, 0.1) is 12.4 Å². The number of hydrogen-bond donors (Lipinski definition) is 1.